The lowest BCUT2D eigenvalue weighted by molar-refractivity contribution is -0.137. The summed E-state index contributed by atoms with van der Waals surface area (Å²) in [6.07, 6.45) is 15.9. The minimum absolute atomic E-state index is 0.276. The molecule has 8 heteroatoms. The molecule has 2 rings (SSSR count). The number of carboxylic acids is 1. The van der Waals surface area contributed by atoms with Gasteiger partial charge in [-0.1, -0.05) is 92.2 Å². The van der Waals surface area contributed by atoms with Gasteiger partial charge in [-0.15, -0.1) is 11.3 Å². The molecule has 0 amide bonds. The molecule has 1 aromatic heterocycles. The summed E-state index contributed by atoms with van der Waals surface area (Å²) in [7, 11) is 0. The Labute approximate surface area is 279 Å². The van der Waals surface area contributed by atoms with Crippen molar-refractivity contribution < 1.29 is 15.0 Å². The highest BCUT2D eigenvalue weighted by molar-refractivity contribution is 7.80. The number of benzene rings is 1. The molecule has 2 N–H and O–H groups in total. The number of para-hydroxylation sites is 1. The molecule has 0 saturated carbocycles. The van der Waals surface area contributed by atoms with Crippen LogP contribution in [0.15, 0.2) is 24.3 Å². The summed E-state index contributed by atoms with van der Waals surface area (Å²) < 4.78 is 0.945. The number of carboxylic acid groups (broad SMARTS) is 1. The second-order valence-electron chi connectivity index (χ2n) is 12.0. The van der Waals surface area contributed by atoms with Crippen molar-refractivity contribution in [2.45, 2.75) is 137 Å². The highest BCUT2D eigenvalue weighted by Gasteiger charge is 2.37. The van der Waals surface area contributed by atoms with E-state index in [2.05, 4.69) is 56.3 Å². The predicted molar refractivity (Wildman–Crippen MR) is 197 cm³/mol. The summed E-state index contributed by atoms with van der Waals surface area (Å²) in [5.41, 5.74) is -0.337. The number of hydrogen-bond acceptors (Lipinski definition) is 6. The quantitative estimate of drug-likeness (QED) is 0.123. The lowest BCUT2D eigenvalue weighted by atomic mass is 9.88. The number of aliphatic hydroxyl groups is 1. The summed E-state index contributed by atoms with van der Waals surface area (Å²) in [6.45, 7) is 23.1. The lowest BCUT2D eigenvalue weighted by Crippen LogP contribution is -2.33. The monoisotopic (exact) mass is 651 g/mol. The third-order valence-electron chi connectivity index (χ3n) is 7.71. The summed E-state index contributed by atoms with van der Waals surface area (Å²) in [5, 5.41) is 18.8. The maximum atomic E-state index is 10.9. The van der Waals surface area contributed by atoms with Crippen LogP contribution in [0.1, 0.15) is 137 Å². The Hall–Kier alpha value is -1.61. The first-order chi connectivity index (χ1) is 21.1. The maximum absolute atomic E-state index is 10.9. The van der Waals surface area contributed by atoms with Gasteiger partial charge in [0.25, 0.3) is 0 Å². The van der Waals surface area contributed by atoms with Gasteiger partial charge in [-0.25, -0.2) is 4.98 Å². The number of fused-ring (bicyclic) bond motifs is 1. The van der Waals surface area contributed by atoms with Crippen LogP contribution in [0.25, 0.3) is 10.2 Å². The number of unbranched alkanes of at least 4 members (excludes halogenated alkanes) is 6. The largest absolute Gasteiger partial charge is 0.501 e. The van der Waals surface area contributed by atoms with E-state index in [1.54, 1.807) is 6.92 Å². The van der Waals surface area contributed by atoms with Crippen LogP contribution in [0.3, 0.4) is 0 Å². The van der Waals surface area contributed by atoms with Crippen LogP contribution in [0.2, 0.25) is 0 Å². The molecule has 1 unspecified atom stereocenters. The third-order valence-corrected chi connectivity index (χ3v) is 9.46. The molecule has 6 nitrogen and oxygen atoms in total. The summed E-state index contributed by atoms with van der Waals surface area (Å²) in [5.74, 6) is -1.02. The van der Waals surface area contributed by atoms with Crippen molar-refractivity contribution >= 4 is 44.8 Å². The van der Waals surface area contributed by atoms with E-state index in [1.807, 2.05) is 24.3 Å². The second kappa shape index (κ2) is 26.6. The molecular weight excluding hydrogens is 587 g/mol. The fraction of sp³-hybridized carbons (Fsp3) is 0.750. The molecule has 0 spiro atoms. The summed E-state index contributed by atoms with van der Waals surface area (Å²) in [4.78, 5) is 20.6. The lowest BCUT2D eigenvalue weighted by Gasteiger charge is -2.22. The fourth-order valence-electron chi connectivity index (χ4n) is 4.61. The zero-order valence-electron chi connectivity index (χ0n) is 29.2. The number of nitrogens with zero attached hydrogens (tertiary/aromatic N) is 3. The van der Waals surface area contributed by atoms with Gasteiger partial charge in [0.2, 0.25) is 0 Å². The van der Waals surface area contributed by atoms with E-state index in [-0.39, 0.29) is 11.5 Å². The zero-order valence-corrected chi connectivity index (χ0v) is 30.8. The molecule has 0 aliphatic rings. The predicted octanol–water partition coefficient (Wildman–Crippen LogP) is 10.3. The van der Waals surface area contributed by atoms with E-state index in [1.165, 1.54) is 128 Å². The normalized spacial score (nSPS) is 12.4. The number of aliphatic carboxylic acids is 1. The van der Waals surface area contributed by atoms with E-state index in [0.29, 0.717) is 5.01 Å². The molecule has 1 aromatic carbocycles. The zero-order chi connectivity index (χ0) is 33.2. The van der Waals surface area contributed by atoms with Gasteiger partial charge in [-0.3, -0.25) is 4.79 Å². The number of aliphatic hydroxyl groups excluding tert-OH is 1. The van der Waals surface area contributed by atoms with Crippen molar-refractivity contribution in [3.05, 3.63) is 29.3 Å². The smallest absolute Gasteiger partial charge is 0.304 e. The molecular formula is C36H65N3O3S2. The van der Waals surface area contributed by atoms with Gasteiger partial charge in [-0.2, -0.15) is 0 Å². The molecule has 0 saturated heterocycles. The molecule has 1 atom stereocenters. The van der Waals surface area contributed by atoms with Crippen LogP contribution < -0.4 is 0 Å². The van der Waals surface area contributed by atoms with Crippen LogP contribution in [0, 0.1) is 0 Å². The molecule has 1 heterocycles. The van der Waals surface area contributed by atoms with Crippen molar-refractivity contribution in [2.75, 3.05) is 39.3 Å². The van der Waals surface area contributed by atoms with E-state index in [4.69, 9.17) is 17.3 Å². The standard InChI is InChI=1S/C12H11NO3S2.2C12H27N/c1-12(11(16)17,6-9(14)15)10-13-7-4-2-3-5-8(7)18-10;2*1-4-7-10-13(11-8-5-2)12-9-6-3/h2-5H,6H2,1H3,(H,14,15)(H,16,17);2*4-12H2,1-3H3. The Kier molecular flexibility index (Phi) is 25.6. The summed E-state index contributed by atoms with van der Waals surface area (Å²) >= 11 is 6.15. The molecule has 44 heavy (non-hydrogen) atoms. The Morgan fingerprint density at radius 1 is 0.727 bits per heavy atom. The average molecular weight is 652 g/mol. The first kappa shape index (κ1) is 42.4. The topological polar surface area (TPSA) is 76.9 Å². The number of carbonyl (C=O) groups is 1. The molecule has 2 aromatic rings. The van der Waals surface area contributed by atoms with Crippen molar-refractivity contribution in [3.63, 3.8) is 0 Å². The van der Waals surface area contributed by atoms with E-state index in [0.717, 1.165) is 10.2 Å². The number of hydrogen-bond donors (Lipinski definition) is 2. The SMILES string of the molecule is CC(CC(=O)O)(C(O)=S)c1nc2ccccc2s1.CCCCN(CCCC)CCCC.CCCCN(CCCC)CCCC. The van der Waals surface area contributed by atoms with Crippen molar-refractivity contribution in [2.24, 2.45) is 0 Å². The Morgan fingerprint density at radius 2 is 1.09 bits per heavy atom. The molecule has 0 fully saturated rings. The van der Waals surface area contributed by atoms with Crippen LogP contribution in [0.4, 0.5) is 0 Å². The highest BCUT2D eigenvalue weighted by atomic mass is 32.1. The van der Waals surface area contributed by atoms with Crippen LogP contribution in [-0.4, -0.2) is 75.3 Å². The number of thiocarbonyl (C=S) groups is 1. The van der Waals surface area contributed by atoms with Gasteiger partial charge in [0.15, 0.2) is 5.05 Å². The number of aromatic nitrogens is 1. The molecule has 0 radical (unpaired) electrons. The van der Waals surface area contributed by atoms with Crippen LogP contribution in [-0.2, 0) is 10.2 Å². The fourth-order valence-corrected chi connectivity index (χ4v) is 5.96. The third kappa shape index (κ3) is 18.4. The Bertz CT molecular complexity index is 905. The first-order valence-corrected chi connectivity index (χ1v) is 18.6. The van der Waals surface area contributed by atoms with E-state index >= 15 is 0 Å². The minimum atomic E-state index is -1.12. The van der Waals surface area contributed by atoms with E-state index in [9.17, 15) is 9.90 Å². The maximum Gasteiger partial charge on any atom is 0.304 e. The molecule has 0 aliphatic heterocycles. The van der Waals surface area contributed by atoms with Gasteiger partial charge in [0.05, 0.1) is 22.1 Å². The molecule has 0 aliphatic carbocycles. The average Bonchev–Trinajstić information content (AvgIpc) is 3.46. The molecule has 0 bridgehead atoms. The van der Waals surface area contributed by atoms with Gasteiger partial charge in [0, 0.05) is 0 Å². The molecule has 254 valence electrons. The Balaban J connectivity index is 0.000000647. The van der Waals surface area contributed by atoms with Crippen molar-refractivity contribution in [3.8, 4) is 0 Å². The second-order valence-corrected chi connectivity index (χ2v) is 13.4. The number of thiazole rings is 1. The van der Waals surface area contributed by atoms with Gasteiger partial charge >= 0.3 is 5.97 Å². The van der Waals surface area contributed by atoms with Crippen molar-refractivity contribution in [1.29, 1.82) is 0 Å². The number of rotatable bonds is 22. The van der Waals surface area contributed by atoms with E-state index < -0.39 is 11.4 Å². The first-order valence-electron chi connectivity index (χ1n) is 17.4. The van der Waals surface area contributed by atoms with Gasteiger partial charge in [0.1, 0.15) is 5.01 Å². The van der Waals surface area contributed by atoms with Gasteiger partial charge in [-0.05, 0) is 109 Å². The Morgan fingerprint density at radius 3 is 1.39 bits per heavy atom. The van der Waals surface area contributed by atoms with Crippen molar-refractivity contribution in [1.82, 2.24) is 14.8 Å². The van der Waals surface area contributed by atoms with Gasteiger partial charge < -0.3 is 20.0 Å². The minimum Gasteiger partial charge on any atom is -0.501 e. The van der Waals surface area contributed by atoms with Crippen LogP contribution in [0.5, 0.6) is 0 Å². The van der Waals surface area contributed by atoms with Crippen LogP contribution >= 0.6 is 23.6 Å². The summed E-state index contributed by atoms with van der Waals surface area (Å²) in [6, 6.07) is 7.49. The highest BCUT2D eigenvalue weighted by Crippen LogP contribution is 2.35.